The molecular weight excluding hydrogens is 270 g/mol. The molecule has 0 bridgehead atoms. The minimum Gasteiger partial charge on any atom is -0.465 e. The van der Waals surface area contributed by atoms with Crippen LogP contribution in [0.2, 0.25) is 0 Å². The molecule has 0 saturated carbocycles. The first-order valence-corrected chi connectivity index (χ1v) is 6.17. The maximum atomic E-state index is 13.8. The second-order valence-electron chi connectivity index (χ2n) is 4.73. The molecule has 0 aliphatic carbocycles. The first-order valence-electron chi connectivity index (χ1n) is 6.17. The highest BCUT2D eigenvalue weighted by Crippen LogP contribution is 2.33. The molecule has 1 fully saturated rings. The van der Waals surface area contributed by atoms with Crippen molar-refractivity contribution in [1.82, 2.24) is 4.90 Å². The van der Waals surface area contributed by atoms with E-state index in [1.165, 1.54) is 0 Å². The monoisotopic (exact) mass is 286 g/mol. The molecule has 110 valence electrons. The Morgan fingerprint density at radius 1 is 1.45 bits per heavy atom. The zero-order valence-corrected chi connectivity index (χ0v) is 10.7. The van der Waals surface area contributed by atoms with Gasteiger partial charge in [0.2, 0.25) is 0 Å². The van der Waals surface area contributed by atoms with Crippen molar-refractivity contribution in [1.29, 1.82) is 0 Å². The Morgan fingerprint density at radius 3 is 2.70 bits per heavy atom. The average Bonchev–Trinajstić information content (AvgIpc) is 2.63. The van der Waals surface area contributed by atoms with Crippen LogP contribution in [0.5, 0.6) is 0 Å². The fraction of sp³-hybridized carbons (Fsp3) is 0.462. The lowest BCUT2D eigenvalue weighted by Crippen LogP contribution is -2.48. The van der Waals surface area contributed by atoms with Gasteiger partial charge in [-0.15, -0.1) is 0 Å². The van der Waals surface area contributed by atoms with Gasteiger partial charge in [0.05, 0.1) is 19.3 Å². The summed E-state index contributed by atoms with van der Waals surface area (Å²) in [5.41, 5.74) is 6.14. The van der Waals surface area contributed by atoms with Crippen molar-refractivity contribution in [2.24, 2.45) is 5.73 Å². The van der Waals surface area contributed by atoms with Crippen LogP contribution in [0.4, 0.5) is 13.6 Å². The first-order chi connectivity index (χ1) is 9.43. The van der Waals surface area contributed by atoms with Crippen molar-refractivity contribution in [3.05, 3.63) is 35.9 Å². The lowest BCUT2D eigenvalue weighted by atomic mass is 10.1. The molecule has 1 aliphatic rings. The molecule has 1 aromatic carbocycles. The molecule has 7 heteroatoms. The molecular formula is C13H16F2N2O3. The van der Waals surface area contributed by atoms with Crippen LogP contribution in [0.3, 0.4) is 0 Å². The Morgan fingerprint density at radius 2 is 2.10 bits per heavy atom. The third kappa shape index (κ3) is 2.88. The van der Waals surface area contributed by atoms with Gasteiger partial charge >= 0.3 is 6.09 Å². The molecule has 1 aliphatic heterocycles. The topological polar surface area (TPSA) is 75.8 Å². The van der Waals surface area contributed by atoms with Gasteiger partial charge in [0.15, 0.2) is 0 Å². The number of carbonyl (C=O) groups is 1. The van der Waals surface area contributed by atoms with Crippen LogP contribution in [0, 0.1) is 0 Å². The Hall–Kier alpha value is -1.73. The molecule has 20 heavy (non-hydrogen) atoms. The molecule has 0 aromatic heterocycles. The van der Waals surface area contributed by atoms with Crippen LogP contribution >= 0.6 is 0 Å². The van der Waals surface area contributed by atoms with E-state index < -0.39 is 24.1 Å². The minimum absolute atomic E-state index is 0.149. The van der Waals surface area contributed by atoms with E-state index in [2.05, 4.69) is 0 Å². The van der Waals surface area contributed by atoms with Crippen molar-refractivity contribution in [2.45, 2.75) is 24.6 Å². The number of carboxylic acid groups (broad SMARTS) is 1. The van der Waals surface area contributed by atoms with Crippen molar-refractivity contribution in [2.75, 3.05) is 13.2 Å². The van der Waals surface area contributed by atoms with E-state index in [9.17, 15) is 13.6 Å². The lowest BCUT2D eigenvalue weighted by Gasteiger charge is -2.25. The number of ether oxygens (including phenoxy) is 1. The summed E-state index contributed by atoms with van der Waals surface area (Å²) in [5.74, 6) is -3.28. The smallest absolute Gasteiger partial charge is 0.407 e. The number of hydrogen-bond acceptors (Lipinski definition) is 3. The van der Waals surface area contributed by atoms with Crippen molar-refractivity contribution in [3.8, 4) is 0 Å². The van der Waals surface area contributed by atoms with Crippen LogP contribution in [0.25, 0.3) is 0 Å². The molecule has 2 rings (SSSR count). The molecule has 2 atom stereocenters. The second-order valence-corrected chi connectivity index (χ2v) is 4.73. The second kappa shape index (κ2) is 5.72. The quantitative estimate of drug-likeness (QED) is 0.880. The van der Waals surface area contributed by atoms with Gasteiger partial charge in [0.1, 0.15) is 6.04 Å². The number of nitrogens with zero attached hydrogens (tertiary/aromatic N) is 1. The van der Waals surface area contributed by atoms with E-state index >= 15 is 0 Å². The highest BCUT2D eigenvalue weighted by atomic mass is 19.3. The normalized spacial score (nSPS) is 24.9. The zero-order chi connectivity index (χ0) is 14.8. The Balaban J connectivity index is 1.97. The summed E-state index contributed by atoms with van der Waals surface area (Å²) in [6.07, 6.45) is -1.41. The molecule has 0 unspecified atom stereocenters. The number of likely N-dealkylation sites (tertiary alicyclic amines) is 1. The summed E-state index contributed by atoms with van der Waals surface area (Å²) < 4.78 is 32.9. The van der Waals surface area contributed by atoms with Crippen molar-refractivity contribution >= 4 is 6.09 Å². The summed E-state index contributed by atoms with van der Waals surface area (Å²) in [5, 5.41) is 8.93. The van der Waals surface area contributed by atoms with Gasteiger partial charge in [0.25, 0.3) is 5.92 Å². The molecule has 5 nitrogen and oxygen atoms in total. The highest BCUT2D eigenvalue weighted by Gasteiger charge is 2.56. The third-order valence-corrected chi connectivity index (χ3v) is 3.34. The van der Waals surface area contributed by atoms with Gasteiger partial charge in [0, 0.05) is 6.54 Å². The summed E-state index contributed by atoms with van der Waals surface area (Å²) in [6.45, 7) is -0.625. The van der Waals surface area contributed by atoms with Crippen molar-refractivity contribution in [3.63, 3.8) is 0 Å². The Labute approximate surface area is 114 Å². The van der Waals surface area contributed by atoms with E-state index in [1.54, 1.807) is 12.1 Å². The third-order valence-electron chi connectivity index (χ3n) is 3.34. The summed E-state index contributed by atoms with van der Waals surface area (Å²) >= 11 is 0. The SMILES string of the molecule is N[C@@H]1CN(C(=O)O)[C@H](COCc2ccccc2)C1(F)F. The number of rotatable bonds is 4. The van der Waals surface area contributed by atoms with E-state index in [4.69, 9.17) is 15.6 Å². The number of amides is 1. The lowest BCUT2D eigenvalue weighted by molar-refractivity contribution is -0.0705. The highest BCUT2D eigenvalue weighted by molar-refractivity contribution is 5.66. The largest absolute Gasteiger partial charge is 0.465 e. The van der Waals surface area contributed by atoms with Gasteiger partial charge in [-0.3, -0.25) is 4.90 Å². The van der Waals surface area contributed by atoms with Crippen LogP contribution in [0.15, 0.2) is 30.3 Å². The predicted molar refractivity (Wildman–Crippen MR) is 67.5 cm³/mol. The van der Waals surface area contributed by atoms with Gasteiger partial charge in [-0.05, 0) is 5.56 Å². The van der Waals surface area contributed by atoms with Crippen LogP contribution in [0.1, 0.15) is 5.56 Å². The fourth-order valence-electron chi connectivity index (χ4n) is 2.19. The van der Waals surface area contributed by atoms with E-state index in [-0.39, 0.29) is 19.8 Å². The standard InChI is InChI=1S/C13H16F2N2O3/c14-13(15)10(16)6-17(12(18)19)11(13)8-20-7-9-4-2-1-3-5-9/h1-5,10-11H,6-8,16H2,(H,18,19)/t10-,11-/m1/s1. The van der Waals surface area contributed by atoms with E-state index in [0.29, 0.717) is 4.90 Å². The molecule has 1 saturated heterocycles. The van der Waals surface area contributed by atoms with Gasteiger partial charge < -0.3 is 15.6 Å². The Kier molecular flexibility index (Phi) is 4.20. The maximum absolute atomic E-state index is 13.8. The molecule has 3 N–H and O–H groups in total. The van der Waals surface area contributed by atoms with Crippen LogP contribution in [-0.4, -0.2) is 47.3 Å². The summed E-state index contributed by atoms with van der Waals surface area (Å²) in [6, 6.07) is 6.01. The zero-order valence-electron chi connectivity index (χ0n) is 10.7. The van der Waals surface area contributed by atoms with Gasteiger partial charge in [-0.1, -0.05) is 30.3 Å². The summed E-state index contributed by atoms with van der Waals surface area (Å²) in [4.78, 5) is 11.6. The van der Waals surface area contributed by atoms with Gasteiger partial charge in [-0.25, -0.2) is 13.6 Å². The molecule has 0 spiro atoms. The number of hydrogen-bond donors (Lipinski definition) is 2. The van der Waals surface area contributed by atoms with Crippen molar-refractivity contribution < 1.29 is 23.4 Å². The first kappa shape index (κ1) is 14.7. The van der Waals surface area contributed by atoms with Crippen LogP contribution in [-0.2, 0) is 11.3 Å². The fourth-order valence-corrected chi connectivity index (χ4v) is 2.19. The Bertz CT molecular complexity index is 470. The number of alkyl halides is 2. The summed E-state index contributed by atoms with van der Waals surface area (Å²) in [7, 11) is 0. The number of benzene rings is 1. The molecule has 0 radical (unpaired) electrons. The van der Waals surface area contributed by atoms with Crippen LogP contribution < -0.4 is 5.73 Å². The maximum Gasteiger partial charge on any atom is 0.407 e. The minimum atomic E-state index is -3.28. The van der Waals surface area contributed by atoms with E-state index in [1.807, 2.05) is 18.2 Å². The number of nitrogens with two attached hydrogens (primary N) is 1. The molecule has 1 amide bonds. The molecule has 1 aromatic rings. The average molecular weight is 286 g/mol. The molecule has 1 heterocycles. The van der Waals surface area contributed by atoms with E-state index in [0.717, 1.165) is 5.56 Å². The predicted octanol–water partition coefficient (Wildman–Crippen LogP) is 1.53. The number of halogens is 2. The van der Waals surface area contributed by atoms with Gasteiger partial charge in [-0.2, -0.15) is 0 Å².